The van der Waals surface area contributed by atoms with Crippen LogP contribution >= 0.6 is 0 Å². The summed E-state index contributed by atoms with van der Waals surface area (Å²) in [6.45, 7) is 5.92. The van der Waals surface area contributed by atoms with Crippen LogP contribution in [0.5, 0.6) is 0 Å². The van der Waals surface area contributed by atoms with Crippen LogP contribution in [0.15, 0.2) is 48.9 Å². The van der Waals surface area contributed by atoms with Crippen LogP contribution in [0.4, 0.5) is 5.69 Å². The molecule has 150 valence electrons. The number of pyridine rings is 1. The molecule has 3 heterocycles. The first-order valence-electron chi connectivity index (χ1n) is 9.91. The van der Waals surface area contributed by atoms with E-state index in [0.29, 0.717) is 5.69 Å². The van der Waals surface area contributed by atoms with Crippen molar-refractivity contribution in [2.24, 2.45) is 5.92 Å². The molecule has 0 N–H and O–H groups in total. The van der Waals surface area contributed by atoms with Crippen LogP contribution in [0, 0.1) is 19.8 Å². The molecule has 1 saturated heterocycles. The van der Waals surface area contributed by atoms with Crippen molar-refractivity contribution in [3.63, 3.8) is 0 Å². The van der Waals surface area contributed by atoms with Gasteiger partial charge in [-0.1, -0.05) is 23.4 Å². The number of benzene rings is 1. The van der Waals surface area contributed by atoms with Gasteiger partial charge in [0.2, 0.25) is 0 Å². The molecule has 0 unspecified atom stereocenters. The minimum Gasteiger partial charge on any atom is -0.459 e. The lowest BCUT2D eigenvalue weighted by Gasteiger charge is -2.33. The molecule has 7 nitrogen and oxygen atoms in total. The standard InChI is InChI=1S/C22H25N5O2/c1-16-5-3-4-6-21(16)27-14-19(24-25-27)15-29-22(28)18-8-11-26(12-9-18)20-7-10-23-13-17(20)2/h3-7,10,13-14,18H,8-9,11-12,15H2,1-2H3. The quantitative estimate of drug-likeness (QED) is 0.622. The van der Waals surface area contributed by atoms with E-state index in [1.165, 1.54) is 5.69 Å². The van der Waals surface area contributed by atoms with E-state index >= 15 is 0 Å². The topological polar surface area (TPSA) is 73.1 Å². The third kappa shape index (κ3) is 4.29. The number of para-hydroxylation sites is 1. The lowest BCUT2D eigenvalue weighted by atomic mass is 9.96. The molecule has 0 aliphatic carbocycles. The van der Waals surface area contributed by atoms with E-state index < -0.39 is 0 Å². The second-order valence-electron chi connectivity index (χ2n) is 7.47. The number of hydrogen-bond acceptors (Lipinski definition) is 6. The van der Waals surface area contributed by atoms with Crippen LogP contribution < -0.4 is 4.90 Å². The highest BCUT2D eigenvalue weighted by Gasteiger charge is 2.27. The lowest BCUT2D eigenvalue weighted by molar-refractivity contribution is -0.150. The first kappa shape index (κ1) is 19.1. The smallest absolute Gasteiger partial charge is 0.309 e. The fourth-order valence-corrected chi connectivity index (χ4v) is 3.74. The van der Waals surface area contributed by atoms with Crippen molar-refractivity contribution in [3.05, 3.63) is 65.7 Å². The van der Waals surface area contributed by atoms with Crippen molar-refractivity contribution in [3.8, 4) is 5.69 Å². The van der Waals surface area contributed by atoms with E-state index in [9.17, 15) is 4.79 Å². The Labute approximate surface area is 170 Å². The molecule has 0 radical (unpaired) electrons. The Hall–Kier alpha value is -3.22. The fraction of sp³-hybridized carbons (Fsp3) is 0.364. The van der Waals surface area contributed by atoms with Gasteiger partial charge < -0.3 is 9.64 Å². The van der Waals surface area contributed by atoms with Gasteiger partial charge in [0.15, 0.2) is 0 Å². The number of carbonyl (C=O) groups is 1. The summed E-state index contributed by atoms with van der Waals surface area (Å²) in [7, 11) is 0. The summed E-state index contributed by atoms with van der Waals surface area (Å²) < 4.78 is 7.24. The highest BCUT2D eigenvalue weighted by molar-refractivity contribution is 5.73. The third-order valence-electron chi connectivity index (χ3n) is 5.43. The molecule has 0 atom stereocenters. The van der Waals surface area contributed by atoms with Gasteiger partial charge in [-0.15, -0.1) is 5.10 Å². The third-order valence-corrected chi connectivity index (χ3v) is 5.43. The van der Waals surface area contributed by atoms with Crippen LogP contribution in [-0.2, 0) is 16.1 Å². The van der Waals surface area contributed by atoms with Crippen molar-refractivity contribution < 1.29 is 9.53 Å². The zero-order chi connectivity index (χ0) is 20.2. The highest BCUT2D eigenvalue weighted by Crippen LogP contribution is 2.26. The molecule has 7 heteroatoms. The summed E-state index contributed by atoms with van der Waals surface area (Å²) in [6.07, 6.45) is 7.07. The molecule has 1 fully saturated rings. The molecule has 0 spiro atoms. The van der Waals surface area contributed by atoms with Crippen molar-refractivity contribution in [2.45, 2.75) is 33.3 Å². The summed E-state index contributed by atoms with van der Waals surface area (Å²) in [5.74, 6) is -0.221. The second kappa shape index (κ2) is 8.43. The van der Waals surface area contributed by atoms with E-state index in [4.69, 9.17) is 4.74 Å². The molecule has 1 aliphatic heterocycles. The Bertz CT molecular complexity index is 992. The summed E-state index contributed by atoms with van der Waals surface area (Å²) in [4.78, 5) is 19.0. The second-order valence-corrected chi connectivity index (χ2v) is 7.47. The van der Waals surface area contributed by atoms with Gasteiger partial charge in [-0.3, -0.25) is 9.78 Å². The van der Waals surface area contributed by atoms with E-state index in [1.807, 2.05) is 55.8 Å². The van der Waals surface area contributed by atoms with Crippen molar-refractivity contribution in [1.29, 1.82) is 0 Å². The molecular weight excluding hydrogens is 366 g/mol. The zero-order valence-electron chi connectivity index (χ0n) is 16.8. The average molecular weight is 391 g/mol. The SMILES string of the molecule is Cc1cnccc1N1CCC(C(=O)OCc2cn(-c3ccccc3C)nn2)CC1. The summed E-state index contributed by atoms with van der Waals surface area (Å²) in [6, 6.07) is 9.99. The number of aryl methyl sites for hydroxylation is 2. The maximum absolute atomic E-state index is 12.5. The Morgan fingerprint density at radius 3 is 2.66 bits per heavy atom. The van der Waals surface area contributed by atoms with E-state index in [0.717, 1.165) is 42.7 Å². The predicted molar refractivity (Wildman–Crippen MR) is 110 cm³/mol. The largest absolute Gasteiger partial charge is 0.459 e. The number of hydrogen-bond donors (Lipinski definition) is 0. The molecule has 1 aliphatic rings. The monoisotopic (exact) mass is 391 g/mol. The minimum atomic E-state index is -0.151. The van der Waals surface area contributed by atoms with Gasteiger partial charge in [0.1, 0.15) is 12.3 Å². The van der Waals surface area contributed by atoms with E-state index in [2.05, 4.69) is 27.1 Å². The summed E-state index contributed by atoms with van der Waals surface area (Å²) in [5, 5.41) is 8.29. The van der Waals surface area contributed by atoms with Gasteiger partial charge in [-0.25, -0.2) is 4.68 Å². The van der Waals surface area contributed by atoms with Crippen molar-refractivity contribution in [2.75, 3.05) is 18.0 Å². The molecular formula is C22H25N5O2. The summed E-state index contributed by atoms with van der Waals surface area (Å²) >= 11 is 0. The lowest BCUT2D eigenvalue weighted by Crippen LogP contribution is -2.37. The average Bonchev–Trinajstić information content (AvgIpc) is 3.22. The first-order chi connectivity index (χ1) is 14.1. The molecule has 0 bridgehead atoms. The van der Waals surface area contributed by atoms with Crippen LogP contribution in [0.3, 0.4) is 0 Å². The molecule has 0 amide bonds. The first-order valence-corrected chi connectivity index (χ1v) is 9.91. The highest BCUT2D eigenvalue weighted by atomic mass is 16.5. The summed E-state index contributed by atoms with van der Waals surface area (Å²) in [5.41, 5.74) is 5.07. The number of piperidine rings is 1. The maximum atomic E-state index is 12.5. The Balaban J connectivity index is 1.30. The van der Waals surface area contributed by atoms with E-state index in [1.54, 1.807) is 4.68 Å². The number of anilines is 1. The molecule has 3 aromatic rings. The number of rotatable bonds is 5. The van der Waals surface area contributed by atoms with Gasteiger partial charge in [0.05, 0.1) is 17.8 Å². The van der Waals surface area contributed by atoms with Crippen molar-refractivity contribution >= 4 is 11.7 Å². The van der Waals surface area contributed by atoms with Gasteiger partial charge in [0.25, 0.3) is 0 Å². The van der Waals surface area contributed by atoms with Crippen LogP contribution in [0.25, 0.3) is 5.69 Å². The van der Waals surface area contributed by atoms with Crippen LogP contribution in [-0.4, -0.2) is 39.0 Å². The van der Waals surface area contributed by atoms with E-state index in [-0.39, 0.29) is 18.5 Å². The molecule has 29 heavy (non-hydrogen) atoms. The Kier molecular flexibility index (Phi) is 5.55. The number of aromatic nitrogens is 4. The van der Waals surface area contributed by atoms with Crippen LogP contribution in [0.2, 0.25) is 0 Å². The Morgan fingerprint density at radius 2 is 1.90 bits per heavy atom. The number of ether oxygens (including phenoxy) is 1. The van der Waals surface area contributed by atoms with Crippen LogP contribution in [0.1, 0.15) is 29.7 Å². The number of esters is 1. The molecule has 2 aromatic heterocycles. The number of carbonyl (C=O) groups excluding carboxylic acids is 1. The van der Waals surface area contributed by atoms with Gasteiger partial charge >= 0.3 is 5.97 Å². The normalized spacial score (nSPS) is 14.8. The molecule has 4 rings (SSSR count). The van der Waals surface area contributed by atoms with Gasteiger partial charge in [-0.05, 0) is 49.9 Å². The molecule has 0 saturated carbocycles. The zero-order valence-corrected chi connectivity index (χ0v) is 16.8. The maximum Gasteiger partial charge on any atom is 0.309 e. The Morgan fingerprint density at radius 1 is 1.10 bits per heavy atom. The minimum absolute atomic E-state index is 0.0696. The molecule has 1 aromatic carbocycles. The predicted octanol–water partition coefficient (Wildman–Crippen LogP) is 3.24. The van der Waals surface area contributed by atoms with Crippen molar-refractivity contribution in [1.82, 2.24) is 20.0 Å². The fourth-order valence-electron chi connectivity index (χ4n) is 3.74. The van der Waals surface area contributed by atoms with Gasteiger partial charge in [0, 0.05) is 31.2 Å². The number of nitrogens with zero attached hydrogens (tertiary/aromatic N) is 5. The van der Waals surface area contributed by atoms with Gasteiger partial charge in [-0.2, -0.15) is 0 Å².